The van der Waals surface area contributed by atoms with Gasteiger partial charge in [-0.25, -0.2) is 4.79 Å². The Kier molecular flexibility index (Phi) is 2.67. The van der Waals surface area contributed by atoms with Crippen molar-refractivity contribution in [2.24, 2.45) is 0 Å². The molecule has 1 N–H and O–H groups in total. The van der Waals surface area contributed by atoms with Gasteiger partial charge in [0.05, 0.1) is 0 Å². The van der Waals surface area contributed by atoms with Crippen molar-refractivity contribution in [1.82, 2.24) is 5.27 Å². The molecule has 15 heavy (non-hydrogen) atoms. The van der Waals surface area contributed by atoms with Gasteiger partial charge in [0, 0.05) is 13.3 Å². The molecule has 4 heteroatoms. The molecule has 4 nitrogen and oxygen atoms in total. The quantitative estimate of drug-likeness (QED) is 0.762. The van der Waals surface area contributed by atoms with Crippen LogP contribution >= 0.6 is 0 Å². The summed E-state index contributed by atoms with van der Waals surface area (Å²) in [5.41, 5.74) is 0.884. The molecule has 78 valence electrons. The highest BCUT2D eigenvalue weighted by molar-refractivity contribution is 5.14. The maximum Gasteiger partial charge on any atom is 0.426 e. The molecule has 1 atom stereocenters. The first-order chi connectivity index (χ1) is 7.25. The molecule has 0 saturated carbocycles. The van der Waals surface area contributed by atoms with Crippen LogP contribution in [0.4, 0.5) is 0 Å². The Labute approximate surface area is 87.1 Å². The van der Waals surface area contributed by atoms with Gasteiger partial charge in [-0.3, -0.25) is 4.52 Å². The maximum absolute atomic E-state index is 10.8. The second-order valence-corrected chi connectivity index (χ2v) is 3.59. The predicted molar refractivity (Wildman–Crippen MR) is 54.4 cm³/mol. The summed E-state index contributed by atoms with van der Waals surface area (Å²) in [6.45, 7) is 2.03. The van der Waals surface area contributed by atoms with Crippen molar-refractivity contribution in [3.05, 3.63) is 52.5 Å². The molecule has 1 aromatic heterocycles. The molecule has 0 amide bonds. The van der Waals surface area contributed by atoms with Gasteiger partial charge in [0.2, 0.25) is 0 Å². The minimum absolute atomic E-state index is 0.179. The third-order valence-electron chi connectivity index (χ3n) is 2.34. The molecule has 0 aliphatic heterocycles. The van der Waals surface area contributed by atoms with E-state index in [2.05, 4.69) is 21.9 Å². The van der Waals surface area contributed by atoms with Crippen LogP contribution in [0.15, 0.2) is 45.8 Å². The first-order valence-corrected chi connectivity index (χ1v) is 4.89. The molecular weight excluding hydrogens is 192 g/mol. The Morgan fingerprint density at radius 3 is 2.73 bits per heavy atom. The van der Waals surface area contributed by atoms with Crippen molar-refractivity contribution < 1.29 is 9.20 Å². The molecule has 0 bridgehead atoms. The van der Waals surface area contributed by atoms with E-state index in [0.29, 0.717) is 0 Å². The van der Waals surface area contributed by atoms with E-state index < -0.39 is 0 Å². The lowest BCUT2D eigenvalue weighted by Crippen LogP contribution is -2.40. The first kappa shape index (κ1) is 9.71. The molecule has 0 saturated heterocycles. The number of hydrogen-bond donors (Lipinski definition) is 1. The van der Waals surface area contributed by atoms with Gasteiger partial charge in [0.15, 0.2) is 6.04 Å². The van der Waals surface area contributed by atoms with Crippen molar-refractivity contribution >= 4 is 0 Å². The SMILES string of the molecule is CC(Cc1ccccc1)[n+]1cc(=O)o[nH]1. The minimum atomic E-state index is -0.352. The van der Waals surface area contributed by atoms with Gasteiger partial charge in [-0.1, -0.05) is 35.0 Å². The van der Waals surface area contributed by atoms with Crippen LogP contribution in [0.5, 0.6) is 0 Å². The highest BCUT2D eigenvalue weighted by Gasteiger charge is 2.16. The molecule has 1 aromatic carbocycles. The van der Waals surface area contributed by atoms with E-state index in [9.17, 15) is 4.79 Å². The van der Waals surface area contributed by atoms with Gasteiger partial charge in [0.25, 0.3) is 6.20 Å². The van der Waals surface area contributed by atoms with E-state index in [0.717, 1.165) is 6.42 Å². The fraction of sp³-hybridized carbons (Fsp3) is 0.273. The third kappa shape index (κ3) is 2.34. The Bertz CT molecular complexity index is 473. The van der Waals surface area contributed by atoms with E-state index >= 15 is 0 Å². The fourth-order valence-corrected chi connectivity index (χ4v) is 1.53. The second-order valence-electron chi connectivity index (χ2n) is 3.59. The number of rotatable bonds is 3. The van der Waals surface area contributed by atoms with Crippen LogP contribution in [-0.4, -0.2) is 5.27 Å². The predicted octanol–water partition coefficient (Wildman–Crippen LogP) is 1.06. The number of aromatic amines is 1. The molecule has 1 heterocycles. The summed E-state index contributed by atoms with van der Waals surface area (Å²) in [5, 5.41) is 2.55. The van der Waals surface area contributed by atoms with Gasteiger partial charge in [-0.2, -0.15) is 0 Å². The van der Waals surface area contributed by atoms with Gasteiger partial charge in [0.1, 0.15) is 0 Å². The Morgan fingerprint density at radius 1 is 1.40 bits per heavy atom. The maximum atomic E-state index is 10.8. The first-order valence-electron chi connectivity index (χ1n) is 4.89. The molecule has 0 aliphatic rings. The average molecular weight is 205 g/mol. The molecular formula is C11H13N2O2+. The standard InChI is InChI=1S/C11H12N2O2/c1-9(13-8-11(14)15-12-13)7-10-5-3-2-4-6-10/h2-6,8-9H,7H2,1H3/p+1. The van der Waals surface area contributed by atoms with E-state index in [1.165, 1.54) is 11.8 Å². The Morgan fingerprint density at radius 2 is 2.13 bits per heavy atom. The van der Waals surface area contributed by atoms with Crippen molar-refractivity contribution in [3.63, 3.8) is 0 Å². The highest BCUT2D eigenvalue weighted by atomic mass is 16.5. The largest absolute Gasteiger partial charge is 0.426 e. The second kappa shape index (κ2) is 4.13. The fourth-order valence-electron chi connectivity index (χ4n) is 1.53. The number of nitrogens with zero attached hydrogens (tertiary/aromatic N) is 1. The normalized spacial score (nSPS) is 12.6. The smallest absolute Gasteiger partial charge is 0.284 e. The lowest BCUT2D eigenvalue weighted by Gasteiger charge is -2.02. The highest BCUT2D eigenvalue weighted by Crippen LogP contribution is 2.06. The summed E-state index contributed by atoms with van der Waals surface area (Å²) in [5.74, 6) is 0. The summed E-state index contributed by atoms with van der Waals surface area (Å²) in [4.78, 5) is 10.8. The zero-order valence-corrected chi connectivity index (χ0v) is 8.51. The van der Waals surface area contributed by atoms with E-state index in [4.69, 9.17) is 0 Å². The summed E-state index contributed by atoms with van der Waals surface area (Å²) < 4.78 is 6.28. The third-order valence-corrected chi connectivity index (χ3v) is 2.34. The molecule has 0 spiro atoms. The van der Waals surface area contributed by atoms with E-state index in [1.807, 2.05) is 25.1 Å². The van der Waals surface area contributed by atoms with Gasteiger partial charge in [-0.15, -0.1) is 0 Å². The molecule has 0 aliphatic carbocycles. The van der Waals surface area contributed by atoms with Crippen LogP contribution in [0.25, 0.3) is 0 Å². The molecule has 2 aromatic rings. The number of aromatic nitrogens is 2. The summed E-state index contributed by atoms with van der Waals surface area (Å²) in [6, 6.07) is 10.3. The lowest BCUT2D eigenvalue weighted by molar-refractivity contribution is -0.782. The minimum Gasteiger partial charge on any atom is -0.284 e. The molecule has 0 radical (unpaired) electrons. The Hall–Kier alpha value is -1.84. The van der Waals surface area contributed by atoms with E-state index in [-0.39, 0.29) is 11.7 Å². The summed E-state index contributed by atoms with van der Waals surface area (Å²) in [7, 11) is 0. The van der Waals surface area contributed by atoms with Gasteiger partial charge in [-0.05, 0) is 10.8 Å². The van der Waals surface area contributed by atoms with E-state index in [1.54, 1.807) is 4.68 Å². The van der Waals surface area contributed by atoms with Crippen LogP contribution in [-0.2, 0) is 6.42 Å². The molecule has 1 unspecified atom stereocenters. The van der Waals surface area contributed by atoms with Crippen LogP contribution < -0.4 is 10.3 Å². The van der Waals surface area contributed by atoms with Crippen LogP contribution in [0.3, 0.4) is 0 Å². The number of benzene rings is 1. The monoisotopic (exact) mass is 205 g/mol. The topological polar surface area (TPSA) is 49.9 Å². The number of nitrogens with one attached hydrogen (secondary N) is 1. The van der Waals surface area contributed by atoms with Crippen molar-refractivity contribution in [2.75, 3.05) is 0 Å². The zero-order chi connectivity index (χ0) is 10.7. The summed E-state index contributed by atoms with van der Waals surface area (Å²) >= 11 is 0. The molecule has 2 rings (SSSR count). The van der Waals surface area contributed by atoms with Crippen molar-refractivity contribution in [2.45, 2.75) is 19.4 Å². The van der Waals surface area contributed by atoms with Crippen LogP contribution in [0.1, 0.15) is 18.5 Å². The van der Waals surface area contributed by atoms with Crippen LogP contribution in [0, 0.1) is 0 Å². The van der Waals surface area contributed by atoms with Gasteiger partial charge >= 0.3 is 5.63 Å². The number of hydrogen-bond acceptors (Lipinski definition) is 2. The summed E-state index contributed by atoms with van der Waals surface area (Å²) in [6.07, 6.45) is 2.29. The van der Waals surface area contributed by atoms with Crippen molar-refractivity contribution in [1.29, 1.82) is 0 Å². The lowest BCUT2D eigenvalue weighted by atomic mass is 10.1. The number of H-pyrrole nitrogens is 1. The van der Waals surface area contributed by atoms with Gasteiger partial charge < -0.3 is 0 Å². The van der Waals surface area contributed by atoms with Crippen molar-refractivity contribution in [3.8, 4) is 0 Å². The van der Waals surface area contributed by atoms with Crippen LogP contribution in [0.2, 0.25) is 0 Å². The Balaban J connectivity index is 2.10. The zero-order valence-electron chi connectivity index (χ0n) is 8.51. The molecule has 0 fully saturated rings. The average Bonchev–Trinajstić information content (AvgIpc) is 2.66.